The Kier molecular flexibility index (Phi) is 4.12. The summed E-state index contributed by atoms with van der Waals surface area (Å²) in [6, 6.07) is 13.7. The van der Waals surface area contributed by atoms with E-state index in [4.69, 9.17) is 5.26 Å². The van der Waals surface area contributed by atoms with E-state index in [1.54, 1.807) is 0 Å². The van der Waals surface area contributed by atoms with Crippen LogP contribution in [0.4, 0.5) is 17.1 Å². The van der Waals surface area contributed by atoms with E-state index in [9.17, 15) is 14.9 Å². The fourth-order valence-electron chi connectivity index (χ4n) is 2.82. The molecule has 1 atom stereocenters. The number of nitriles is 1. The molecule has 1 unspecified atom stereocenters. The van der Waals surface area contributed by atoms with Crippen molar-refractivity contribution in [2.24, 2.45) is 0 Å². The quantitative estimate of drug-likeness (QED) is 0.650. The van der Waals surface area contributed by atoms with E-state index >= 15 is 0 Å². The van der Waals surface area contributed by atoms with Crippen LogP contribution in [0.3, 0.4) is 0 Å². The third-order valence-electron chi connectivity index (χ3n) is 3.98. The summed E-state index contributed by atoms with van der Waals surface area (Å²) in [7, 11) is 0. The smallest absolute Gasteiger partial charge is 0.293 e. The van der Waals surface area contributed by atoms with Crippen LogP contribution in [0.1, 0.15) is 23.5 Å². The lowest BCUT2D eigenvalue weighted by Gasteiger charge is -2.11. The molecule has 1 amide bonds. The maximum atomic E-state index is 12.0. The summed E-state index contributed by atoms with van der Waals surface area (Å²) in [6.45, 7) is 0.402. The molecule has 7 heteroatoms. The molecule has 0 spiro atoms. The molecule has 0 aromatic heterocycles. The predicted molar refractivity (Wildman–Crippen MR) is 88.7 cm³/mol. The van der Waals surface area contributed by atoms with Crippen molar-refractivity contribution in [3.63, 3.8) is 0 Å². The van der Waals surface area contributed by atoms with E-state index in [0.717, 1.165) is 11.3 Å². The Bertz CT molecular complexity index is 857. The third kappa shape index (κ3) is 2.90. The summed E-state index contributed by atoms with van der Waals surface area (Å²) < 4.78 is 0. The number of benzene rings is 2. The van der Waals surface area contributed by atoms with E-state index in [1.165, 1.54) is 18.2 Å². The second-order valence-electron chi connectivity index (χ2n) is 5.45. The number of anilines is 2. The van der Waals surface area contributed by atoms with Gasteiger partial charge in [-0.1, -0.05) is 18.2 Å². The van der Waals surface area contributed by atoms with Crippen LogP contribution in [-0.4, -0.2) is 17.4 Å². The Hall–Kier alpha value is -3.40. The van der Waals surface area contributed by atoms with Crippen LogP contribution >= 0.6 is 0 Å². The van der Waals surface area contributed by atoms with Crippen LogP contribution < -0.4 is 10.6 Å². The van der Waals surface area contributed by atoms with Gasteiger partial charge in [0.05, 0.1) is 22.5 Å². The summed E-state index contributed by atoms with van der Waals surface area (Å²) in [5.41, 5.74) is 2.18. The highest BCUT2D eigenvalue weighted by molar-refractivity contribution is 6.02. The second kappa shape index (κ2) is 6.38. The van der Waals surface area contributed by atoms with Crippen LogP contribution in [0.15, 0.2) is 42.5 Å². The lowest BCUT2D eigenvalue weighted by atomic mass is 9.97. The number of nitrogens with zero attached hydrogens (tertiary/aromatic N) is 2. The van der Waals surface area contributed by atoms with Gasteiger partial charge in [0, 0.05) is 18.3 Å². The number of rotatable bonds is 5. The summed E-state index contributed by atoms with van der Waals surface area (Å²) >= 11 is 0. The standard InChI is InChI=1S/C17H14N4O3/c18-10-11-5-6-15(16(9-11)21(23)24)19-8-7-13-12-3-1-2-4-14(12)20-17(13)22/h1-6,9,13,19H,7-8H2,(H,20,22). The number of carbonyl (C=O) groups excluding carboxylic acids is 1. The number of amides is 1. The van der Waals surface area contributed by atoms with Gasteiger partial charge in [-0.05, 0) is 30.2 Å². The minimum Gasteiger partial charge on any atom is -0.379 e. The molecule has 1 heterocycles. The third-order valence-corrected chi connectivity index (χ3v) is 3.98. The van der Waals surface area contributed by atoms with Gasteiger partial charge in [-0.15, -0.1) is 0 Å². The molecule has 1 aliphatic rings. The van der Waals surface area contributed by atoms with E-state index in [0.29, 0.717) is 18.7 Å². The van der Waals surface area contributed by atoms with Crippen LogP contribution in [0.25, 0.3) is 0 Å². The molecular weight excluding hydrogens is 308 g/mol. The van der Waals surface area contributed by atoms with Gasteiger partial charge in [-0.3, -0.25) is 14.9 Å². The number of nitro benzene ring substituents is 1. The molecule has 2 N–H and O–H groups in total. The number of nitrogens with one attached hydrogen (secondary N) is 2. The van der Waals surface area contributed by atoms with Crippen molar-refractivity contribution in [1.29, 1.82) is 5.26 Å². The Morgan fingerprint density at radius 3 is 2.83 bits per heavy atom. The van der Waals surface area contributed by atoms with Gasteiger partial charge in [0.15, 0.2) is 0 Å². The van der Waals surface area contributed by atoms with Gasteiger partial charge in [-0.25, -0.2) is 0 Å². The zero-order chi connectivity index (χ0) is 17.1. The first-order valence-corrected chi connectivity index (χ1v) is 7.42. The monoisotopic (exact) mass is 322 g/mol. The number of nitro groups is 1. The van der Waals surface area contributed by atoms with Gasteiger partial charge in [-0.2, -0.15) is 5.26 Å². The van der Waals surface area contributed by atoms with E-state index in [-0.39, 0.29) is 23.1 Å². The van der Waals surface area contributed by atoms with Gasteiger partial charge >= 0.3 is 0 Å². The van der Waals surface area contributed by atoms with Crippen molar-refractivity contribution in [2.45, 2.75) is 12.3 Å². The summed E-state index contributed by atoms with van der Waals surface area (Å²) in [5.74, 6) is -0.335. The molecule has 2 aromatic carbocycles. The summed E-state index contributed by atoms with van der Waals surface area (Å²) in [5, 5.41) is 25.8. The molecule has 0 bridgehead atoms. The molecule has 2 aromatic rings. The molecule has 7 nitrogen and oxygen atoms in total. The highest BCUT2D eigenvalue weighted by atomic mass is 16.6. The largest absolute Gasteiger partial charge is 0.379 e. The minimum atomic E-state index is -0.527. The highest BCUT2D eigenvalue weighted by Crippen LogP contribution is 2.34. The molecular formula is C17H14N4O3. The minimum absolute atomic E-state index is 0.0627. The van der Waals surface area contributed by atoms with Crippen LogP contribution in [-0.2, 0) is 4.79 Å². The lowest BCUT2D eigenvalue weighted by Crippen LogP contribution is -2.16. The zero-order valence-electron chi connectivity index (χ0n) is 12.7. The molecule has 24 heavy (non-hydrogen) atoms. The van der Waals surface area contributed by atoms with E-state index in [2.05, 4.69) is 10.6 Å². The Labute approximate surface area is 138 Å². The number of fused-ring (bicyclic) bond motifs is 1. The topological polar surface area (TPSA) is 108 Å². The van der Waals surface area contributed by atoms with E-state index in [1.807, 2.05) is 30.3 Å². The number of hydrogen-bond donors (Lipinski definition) is 2. The zero-order valence-corrected chi connectivity index (χ0v) is 12.7. The molecule has 1 aliphatic heterocycles. The highest BCUT2D eigenvalue weighted by Gasteiger charge is 2.29. The average Bonchev–Trinajstić information content (AvgIpc) is 2.90. The first-order chi connectivity index (χ1) is 11.6. The first kappa shape index (κ1) is 15.5. The summed E-state index contributed by atoms with van der Waals surface area (Å²) in [4.78, 5) is 22.6. The van der Waals surface area contributed by atoms with Gasteiger partial charge < -0.3 is 10.6 Å². The van der Waals surface area contributed by atoms with E-state index < -0.39 is 4.92 Å². The number of hydrogen-bond acceptors (Lipinski definition) is 5. The van der Waals surface area contributed by atoms with Gasteiger partial charge in [0.25, 0.3) is 5.69 Å². The number of para-hydroxylation sites is 1. The molecule has 120 valence electrons. The van der Waals surface area contributed by atoms with Crippen LogP contribution in [0.2, 0.25) is 0 Å². The lowest BCUT2D eigenvalue weighted by molar-refractivity contribution is -0.384. The summed E-state index contributed by atoms with van der Waals surface area (Å²) in [6.07, 6.45) is 0.514. The maximum absolute atomic E-state index is 12.0. The Morgan fingerprint density at radius 2 is 2.08 bits per heavy atom. The van der Waals surface area contributed by atoms with Gasteiger partial charge in [0.2, 0.25) is 5.91 Å². The van der Waals surface area contributed by atoms with Crippen molar-refractivity contribution < 1.29 is 9.72 Å². The second-order valence-corrected chi connectivity index (χ2v) is 5.45. The van der Waals surface area contributed by atoms with Crippen molar-refractivity contribution in [3.8, 4) is 6.07 Å². The molecule has 0 saturated carbocycles. The van der Waals surface area contributed by atoms with Gasteiger partial charge in [0.1, 0.15) is 5.69 Å². The van der Waals surface area contributed by atoms with Crippen molar-refractivity contribution in [3.05, 3.63) is 63.7 Å². The maximum Gasteiger partial charge on any atom is 0.293 e. The fraction of sp³-hybridized carbons (Fsp3) is 0.176. The molecule has 0 aliphatic carbocycles. The van der Waals surface area contributed by atoms with Crippen molar-refractivity contribution in [2.75, 3.05) is 17.2 Å². The Morgan fingerprint density at radius 1 is 1.29 bits per heavy atom. The normalized spacial score (nSPS) is 15.3. The van der Waals surface area contributed by atoms with Crippen LogP contribution in [0.5, 0.6) is 0 Å². The predicted octanol–water partition coefficient (Wildman–Crippen LogP) is 3.00. The van der Waals surface area contributed by atoms with Crippen molar-refractivity contribution >= 4 is 23.0 Å². The molecule has 3 rings (SSSR count). The van der Waals surface area contributed by atoms with Crippen LogP contribution in [0, 0.1) is 21.4 Å². The SMILES string of the molecule is N#Cc1ccc(NCCC2C(=O)Nc3ccccc32)c([N+](=O)[O-])c1. The Balaban J connectivity index is 1.70. The average molecular weight is 322 g/mol. The molecule has 0 fully saturated rings. The first-order valence-electron chi connectivity index (χ1n) is 7.42. The molecule has 0 saturated heterocycles. The molecule has 0 radical (unpaired) electrons. The van der Waals surface area contributed by atoms with Crippen molar-refractivity contribution in [1.82, 2.24) is 0 Å². The number of carbonyl (C=O) groups is 1. The fourth-order valence-corrected chi connectivity index (χ4v) is 2.82.